The standard InChI is InChI=1S/C20H16Cl2N2O3/c1-2-26-15-6-3-13(4-7-15)20(25)24-23-12-16-8-10-19(27-16)14-5-9-17(21)18(22)11-14/h3-12H,2H2,1H3,(H,24,25)/b23-12-. The molecular weight excluding hydrogens is 387 g/mol. The molecule has 0 spiro atoms. The van der Waals surface area contributed by atoms with Crippen LogP contribution in [0.3, 0.4) is 0 Å². The zero-order chi connectivity index (χ0) is 19.2. The van der Waals surface area contributed by atoms with Crippen molar-refractivity contribution in [2.75, 3.05) is 6.61 Å². The number of halogens is 2. The molecule has 1 heterocycles. The second kappa shape index (κ2) is 8.75. The number of nitrogens with zero attached hydrogens (tertiary/aromatic N) is 1. The van der Waals surface area contributed by atoms with Crippen molar-refractivity contribution in [2.24, 2.45) is 5.10 Å². The van der Waals surface area contributed by atoms with Gasteiger partial charge in [0.1, 0.15) is 17.3 Å². The normalized spacial score (nSPS) is 10.9. The Morgan fingerprint density at radius 2 is 1.89 bits per heavy atom. The van der Waals surface area contributed by atoms with Gasteiger partial charge in [0.15, 0.2) is 0 Å². The average molecular weight is 403 g/mol. The highest BCUT2D eigenvalue weighted by Gasteiger charge is 2.07. The Kier molecular flexibility index (Phi) is 6.16. The zero-order valence-corrected chi connectivity index (χ0v) is 15.9. The van der Waals surface area contributed by atoms with Crippen LogP contribution in [0.15, 0.2) is 64.1 Å². The van der Waals surface area contributed by atoms with E-state index in [-0.39, 0.29) is 5.91 Å². The summed E-state index contributed by atoms with van der Waals surface area (Å²) in [6.07, 6.45) is 1.42. The van der Waals surface area contributed by atoms with E-state index >= 15 is 0 Å². The number of nitrogens with one attached hydrogen (secondary N) is 1. The monoisotopic (exact) mass is 402 g/mol. The van der Waals surface area contributed by atoms with Crippen molar-refractivity contribution >= 4 is 35.3 Å². The number of rotatable bonds is 6. The van der Waals surface area contributed by atoms with E-state index in [1.54, 1.807) is 48.5 Å². The van der Waals surface area contributed by atoms with Gasteiger partial charge in [0, 0.05) is 11.1 Å². The van der Waals surface area contributed by atoms with Gasteiger partial charge >= 0.3 is 0 Å². The Morgan fingerprint density at radius 3 is 2.59 bits per heavy atom. The first-order chi connectivity index (χ1) is 13.1. The van der Waals surface area contributed by atoms with E-state index < -0.39 is 0 Å². The molecule has 1 N–H and O–H groups in total. The van der Waals surface area contributed by atoms with Crippen molar-refractivity contribution in [1.29, 1.82) is 0 Å². The third kappa shape index (κ3) is 4.90. The third-order valence-electron chi connectivity index (χ3n) is 3.62. The number of furan rings is 1. The highest BCUT2D eigenvalue weighted by molar-refractivity contribution is 6.42. The van der Waals surface area contributed by atoms with Gasteiger partial charge in [-0.15, -0.1) is 0 Å². The Balaban J connectivity index is 1.62. The Morgan fingerprint density at radius 1 is 1.11 bits per heavy atom. The Labute approximate surface area is 166 Å². The van der Waals surface area contributed by atoms with Gasteiger partial charge in [-0.3, -0.25) is 4.79 Å². The summed E-state index contributed by atoms with van der Waals surface area (Å²) in [6.45, 7) is 2.47. The second-order valence-electron chi connectivity index (χ2n) is 5.49. The number of hydrogen-bond donors (Lipinski definition) is 1. The fraction of sp³-hybridized carbons (Fsp3) is 0.100. The third-order valence-corrected chi connectivity index (χ3v) is 4.36. The Bertz CT molecular complexity index is 966. The molecule has 0 aliphatic rings. The fourth-order valence-electron chi connectivity index (χ4n) is 2.32. The maximum absolute atomic E-state index is 12.1. The first-order valence-corrected chi connectivity index (χ1v) is 8.94. The van der Waals surface area contributed by atoms with Crippen LogP contribution >= 0.6 is 23.2 Å². The summed E-state index contributed by atoms with van der Waals surface area (Å²) in [4.78, 5) is 12.1. The molecule has 1 amide bonds. The van der Waals surface area contributed by atoms with Gasteiger partial charge in [-0.25, -0.2) is 5.43 Å². The molecule has 0 bridgehead atoms. The molecule has 138 valence electrons. The first-order valence-electron chi connectivity index (χ1n) is 8.18. The molecule has 2 aromatic carbocycles. The minimum absolute atomic E-state index is 0.328. The summed E-state index contributed by atoms with van der Waals surface area (Å²) < 4.78 is 11.0. The quantitative estimate of drug-likeness (QED) is 0.442. The van der Waals surface area contributed by atoms with E-state index in [9.17, 15) is 4.79 Å². The van der Waals surface area contributed by atoms with Crippen LogP contribution < -0.4 is 10.2 Å². The number of ether oxygens (including phenoxy) is 1. The molecule has 5 nitrogen and oxygen atoms in total. The van der Waals surface area contributed by atoms with E-state index in [4.69, 9.17) is 32.4 Å². The number of hydrazone groups is 1. The predicted molar refractivity (Wildman–Crippen MR) is 107 cm³/mol. The van der Waals surface area contributed by atoms with Crippen molar-refractivity contribution in [1.82, 2.24) is 5.43 Å². The lowest BCUT2D eigenvalue weighted by atomic mass is 10.2. The maximum atomic E-state index is 12.1. The molecular formula is C20H16Cl2N2O3. The van der Waals surface area contributed by atoms with E-state index in [2.05, 4.69) is 10.5 Å². The van der Waals surface area contributed by atoms with E-state index in [0.29, 0.717) is 39.5 Å². The van der Waals surface area contributed by atoms with Gasteiger partial charge in [0.25, 0.3) is 5.91 Å². The summed E-state index contributed by atoms with van der Waals surface area (Å²) in [6, 6.07) is 15.6. The van der Waals surface area contributed by atoms with E-state index in [1.165, 1.54) is 6.21 Å². The molecule has 3 aromatic rings. The maximum Gasteiger partial charge on any atom is 0.271 e. The zero-order valence-electron chi connectivity index (χ0n) is 14.4. The summed E-state index contributed by atoms with van der Waals surface area (Å²) in [5, 5.41) is 4.84. The molecule has 0 radical (unpaired) electrons. The summed E-state index contributed by atoms with van der Waals surface area (Å²) >= 11 is 11.9. The van der Waals surface area contributed by atoms with Gasteiger partial charge in [0.2, 0.25) is 0 Å². The van der Waals surface area contributed by atoms with Gasteiger partial charge in [-0.05, 0) is 61.5 Å². The molecule has 0 saturated heterocycles. The fourth-order valence-corrected chi connectivity index (χ4v) is 2.61. The molecule has 27 heavy (non-hydrogen) atoms. The number of carbonyl (C=O) groups is 1. The number of benzene rings is 2. The van der Waals surface area contributed by atoms with Crippen LogP contribution in [0.1, 0.15) is 23.0 Å². The van der Waals surface area contributed by atoms with Gasteiger partial charge in [0.05, 0.1) is 22.9 Å². The minimum atomic E-state index is -0.328. The van der Waals surface area contributed by atoms with Crippen molar-refractivity contribution in [2.45, 2.75) is 6.92 Å². The smallest absolute Gasteiger partial charge is 0.271 e. The van der Waals surface area contributed by atoms with Crippen molar-refractivity contribution in [3.05, 3.63) is 76.0 Å². The minimum Gasteiger partial charge on any atom is -0.494 e. The topological polar surface area (TPSA) is 63.8 Å². The molecule has 0 atom stereocenters. The highest BCUT2D eigenvalue weighted by atomic mass is 35.5. The van der Waals surface area contributed by atoms with Gasteiger partial charge < -0.3 is 9.15 Å². The molecule has 0 saturated carbocycles. The second-order valence-corrected chi connectivity index (χ2v) is 6.30. The molecule has 0 aliphatic heterocycles. The number of carbonyl (C=O) groups excluding carboxylic acids is 1. The predicted octanol–water partition coefficient (Wildman–Crippen LogP) is 5.42. The van der Waals surface area contributed by atoms with Crippen molar-refractivity contribution in [3.63, 3.8) is 0 Å². The largest absolute Gasteiger partial charge is 0.494 e. The van der Waals surface area contributed by atoms with Crippen LogP contribution in [0.5, 0.6) is 5.75 Å². The van der Waals surface area contributed by atoms with Crippen LogP contribution in [0.25, 0.3) is 11.3 Å². The lowest BCUT2D eigenvalue weighted by Crippen LogP contribution is -2.17. The summed E-state index contributed by atoms with van der Waals surface area (Å²) in [5.41, 5.74) is 3.73. The molecule has 1 aromatic heterocycles. The number of amides is 1. The SMILES string of the molecule is CCOc1ccc(C(=O)N/N=C\c2ccc(-c3ccc(Cl)c(Cl)c3)o2)cc1. The van der Waals surface area contributed by atoms with E-state index in [1.807, 2.05) is 13.0 Å². The van der Waals surface area contributed by atoms with Crippen LogP contribution in [0.2, 0.25) is 10.0 Å². The van der Waals surface area contributed by atoms with Gasteiger partial charge in [-0.2, -0.15) is 5.10 Å². The van der Waals surface area contributed by atoms with Gasteiger partial charge in [-0.1, -0.05) is 23.2 Å². The lowest BCUT2D eigenvalue weighted by molar-refractivity contribution is 0.0955. The summed E-state index contributed by atoms with van der Waals surface area (Å²) in [5.74, 6) is 1.49. The molecule has 0 unspecified atom stereocenters. The lowest BCUT2D eigenvalue weighted by Gasteiger charge is -2.03. The molecule has 7 heteroatoms. The van der Waals surface area contributed by atoms with Crippen LogP contribution in [-0.4, -0.2) is 18.7 Å². The van der Waals surface area contributed by atoms with Crippen molar-refractivity contribution < 1.29 is 13.9 Å². The molecule has 0 fully saturated rings. The van der Waals surface area contributed by atoms with Crippen LogP contribution in [0, 0.1) is 0 Å². The van der Waals surface area contributed by atoms with Crippen LogP contribution in [-0.2, 0) is 0 Å². The number of hydrogen-bond acceptors (Lipinski definition) is 4. The van der Waals surface area contributed by atoms with Crippen LogP contribution in [0.4, 0.5) is 0 Å². The Hall–Kier alpha value is -2.76. The van der Waals surface area contributed by atoms with E-state index in [0.717, 1.165) is 5.56 Å². The molecule has 0 aliphatic carbocycles. The average Bonchev–Trinajstić information content (AvgIpc) is 3.14. The first kappa shape index (κ1) is 19.0. The summed E-state index contributed by atoms with van der Waals surface area (Å²) in [7, 11) is 0. The van der Waals surface area contributed by atoms with Crippen molar-refractivity contribution in [3.8, 4) is 17.1 Å². The molecule has 3 rings (SSSR count). The highest BCUT2D eigenvalue weighted by Crippen LogP contribution is 2.29.